The van der Waals surface area contributed by atoms with E-state index in [0.717, 1.165) is 39.2 Å². The lowest BCUT2D eigenvalue weighted by molar-refractivity contribution is 0.313. The molecule has 9 heteroatoms. The molecule has 0 aliphatic carbocycles. The molecule has 0 amide bonds. The first-order valence-electron chi connectivity index (χ1n) is 12.6. The summed E-state index contributed by atoms with van der Waals surface area (Å²) in [6.07, 6.45) is 4.93. The molecule has 37 heavy (non-hydrogen) atoms. The number of benzene rings is 2. The summed E-state index contributed by atoms with van der Waals surface area (Å²) in [5.41, 5.74) is 10.6. The van der Waals surface area contributed by atoms with E-state index < -0.39 is 10.0 Å². The standard InChI is InChI=1S/C28H30N6O2S/c1-18(2)21-8-4-6-10-24(21)37(35,36)33-14-11-19(12-15-33)28-32-25(26-27(29)30-13-16-34(26)28)23-17-20-7-3-5-9-22(20)31-23/h3-10,13,16-19,31H,11-12,14-15H2,1-2H3,(H2,29,30). The van der Waals surface area contributed by atoms with Crippen molar-refractivity contribution in [2.24, 2.45) is 0 Å². The highest BCUT2D eigenvalue weighted by Gasteiger charge is 2.33. The molecule has 1 aliphatic heterocycles. The minimum absolute atomic E-state index is 0.0965. The van der Waals surface area contributed by atoms with E-state index in [1.54, 1.807) is 22.6 Å². The van der Waals surface area contributed by atoms with E-state index in [4.69, 9.17) is 10.7 Å². The molecular weight excluding hydrogens is 484 g/mol. The number of imidazole rings is 1. The second-order valence-electron chi connectivity index (χ2n) is 9.99. The number of nitrogen functional groups attached to an aromatic ring is 1. The number of nitrogens with one attached hydrogen (secondary N) is 1. The molecule has 0 unspecified atom stereocenters. The number of aromatic nitrogens is 4. The number of nitrogens with two attached hydrogens (primary N) is 1. The average molecular weight is 515 g/mol. The van der Waals surface area contributed by atoms with Crippen molar-refractivity contribution in [1.82, 2.24) is 23.7 Å². The van der Waals surface area contributed by atoms with Gasteiger partial charge in [0.15, 0.2) is 0 Å². The lowest BCUT2D eigenvalue weighted by atomic mass is 9.97. The first-order chi connectivity index (χ1) is 17.8. The number of nitrogens with zero attached hydrogens (tertiary/aromatic N) is 4. The second-order valence-corrected chi connectivity index (χ2v) is 11.9. The normalized spacial score (nSPS) is 15.8. The number of hydrogen-bond donors (Lipinski definition) is 2. The molecule has 8 nitrogen and oxygen atoms in total. The van der Waals surface area contributed by atoms with Gasteiger partial charge in [0, 0.05) is 42.3 Å². The third kappa shape index (κ3) is 3.98. The number of H-pyrrole nitrogens is 1. The van der Waals surface area contributed by atoms with Gasteiger partial charge >= 0.3 is 0 Å². The third-order valence-electron chi connectivity index (χ3n) is 7.37. The van der Waals surface area contributed by atoms with Gasteiger partial charge in [-0.1, -0.05) is 50.2 Å². The molecule has 3 aromatic heterocycles. The summed E-state index contributed by atoms with van der Waals surface area (Å²) in [4.78, 5) is 13.3. The Bertz CT molecular complexity index is 1680. The fourth-order valence-corrected chi connectivity index (χ4v) is 7.27. The minimum atomic E-state index is -3.57. The van der Waals surface area contributed by atoms with Crippen molar-refractivity contribution < 1.29 is 8.42 Å². The summed E-state index contributed by atoms with van der Waals surface area (Å²) in [7, 11) is -3.57. The molecule has 0 saturated carbocycles. The van der Waals surface area contributed by atoms with E-state index in [1.165, 1.54) is 0 Å². The Hall–Kier alpha value is -3.69. The second kappa shape index (κ2) is 9.00. The summed E-state index contributed by atoms with van der Waals surface area (Å²) in [5.74, 6) is 1.53. The first-order valence-corrected chi connectivity index (χ1v) is 14.1. The summed E-state index contributed by atoms with van der Waals surface area (Å²) in [6.45, 7) is 4.93. The number of rotatable bonds is 5. The van der Waals surface area contributed by atoms with Crippen molar-refractivity contribution in [3.8, 4) is 11.4 Å². The van der Waals surface area contributed by atoms with Crippen LogP contribution in [0.15, 0.2) is 71.9 Å². The van der Waals surface area contributed by atoms with Crippen molar-refractivity contribution in [1.29, 1.82) is 0 Å². The molecule has 0 spiro atoms. The van der Waals surface area contributed by atoms with Crippen LogP contribution in [0, 0.1) is 0 Å². The minimum Gasteiger partial charge on any atom is -0.382 e. The molecule has 1 saturated heterocycles. The number of fused-ring (bicyclic) bond motifs is 2. The van der Waals surface area contributed by atoms with Crippen LogP contribution in [0.1, 0.15) is 49.9 Å². The van der Waals surface area contributed by atoms with Gasteiger partial charge in [-0.05, 0) is 42.5 Å². The number of anilines is 1. The zero-order chi connectivity index (χ0) is 25.7. The Morgan fingerprint density at radius 1 is 1.05 bits per heavy atom. The molecule has 190 valence electrons. The molecule has 0 atom stereocenters. The predicted octanol–water partition coefficient (Wildman–Crippen LogP) is 5.15. The highest BCUT2D eigenvalue weighted by atomic mass is 32.2. The van der Waals surface area contributed by atoms with E-state index in [-0.39, 0.29) is 11.8 Å². The summed E-state index contributed by atoms with van der Waals surface area (Å²) in [6, 6.07) is 17.5. The maximum absolute atomic E-state index is 13.6. The maximum atomic E-state index is 13.6. The number of piperidine rings is 1. The van der Waals surface area contributed by atoms with Crippen LogP contribution in [-0.2, 0) is 10.0 Å². The largest absolute Gasteiger partial charge is 0.382 e. The molecule has 0 bridgehead atoms. The Kier molecular flexibility index (Phi) is 5.77. The smallest absolute Gasteiger partial charge is 0.243 e. The van der Waals surface area contributed by atoms with Crippen LogP contribution in [-0.4, -0.2) is 45.2 Å². The Balaban J connectivity index is 1.33. The number of hydrogen-bond acceptors (Lipinski definition) is 5. The van der Waals surface area contributed by atoms with Gasteiger partial charge in [0.1, 0.15) is 22.9 Å². The quantitative estimate of drug-likeness (QED) is 0.337. The zero-order valence-corrected chi connectivity index (χ0v) is 21.7. The predicted molar refractivity (Wildman–Crippen MR) is 146 cm³/mol. The van der Waals surface area contributed by atoms with Crippen LogP contribution >= 0.6 is 0 Å². The lowest BCUT2D eigenvalue weighted by Crippen LogP contribution is -2.38. The van der Waals surface area contributed by atoms with Crippen LogP contribution in [0.3, 0.4) is 0 Å². The van der Waals surface area contributed by atoms with Crippen LogP contribution in [0.4, 0.5) is 5.82 Å². The van der Waals surface area contributed by atoms with Gasteiger partial charge in [-0.25, -0.2) is 18.4 Å². The van der Waals surface area contributed by atoms with E-state index in [2.05, 4.69) is 22.1 Å². The van der Waals surface area contributed by atoms with E-state index in [9.17, 15) is 8.42 Å². The Morgan fingerprint density at radius 3 is 2.54 bits per heavy atom. The van der Waals surface area contributed by atoms with Gasteiger partial charge in [0.2, 0.25) is 10.0 Å². The van der Waals surface area contributed by atoms with Crippen molar-refractivity contribution in [3.05, 3.63) is 78.4 Å². The molecule has 4 heterocycles. The fourth-order valence-electron chi connectivity index (χ4n) is 5.45. The van der Waals surface area contributed by atoms with E-state index in [1.807, 2.05) is 54.8 Å². The maximum Gasteiger partial charge on any atom is 0.243 e. The van der Waals surface area contributed by atoms with Gasteiger partial charge in [-0.3, -0.25) is 4.40 Å². The lowest BCUT2D eigenvalue weighted by Gasteiger charge is -2.31. The molecule has 1 fully saturated rings. The molecule has 2 aromatic carbocycles. The van der Waals surface area contributed by atoms with Crippen molar-refractivity contribution in [2.45, 2.75) is 43.4 Å². The third-order valence-corrected chi connectivity index (χ3v) is 9.35. The van der Waals surface area contributed by atoms with Gasteiger partial charge in [-0.2, -0.15) is 4.31 Å². The fraction of sp³-hybridized carbons (Fsp3) is 0.286. The van der Waals surface area contributed by atoms with Gasteiger partial charge in [-0.15, -0.1) is 0 Å². The number of sulfonamides is 1. The molecule has 5 aromatic rings. The molecule has 0 radical (unpaired) electrons. The average Bonchev–Trinajstić information content (AvgIpc) is 3.51. The zero-order valence-electron chi connectivity index (χ0n) is 20.9. The van der Waals surface area contributed by atoms with Gasteiger partial charge in [0.05, 0.1) is 10.6 Å². The topological polar surface area (TPSA) is 109 Å². The van der Waals surface area contributed by atoms with Gasteiger partial charge < -0.3 is 10.7 Å². The van der Waals surface area contributed by atoms with Crippen molar-refractivity contribution >= 4 is 32.3 Å². The molecular formula is C28H30N6O2S. The number of aromatic amines is 1. The van der Waals surface area contributed by atoms with Crippen LogP contribution in [0.25, 0.3) is 27.8 Å². The van der Waals surface area contributed by atoms with Crippen LogP contribution < -0.4 is 5.73 Å². The molecule has 3 N–H and O–H groups in total. The van der Waals surface area contributed by atoms with Crippen LogP contribution in [0.5, 0.6) is 0 Å². The van der Waals surface area contributed by atoms with Crippen molar-refractivity contribution in [3.63, 3.8) is 0 Å². The Labute approximate surface area is 216 Å². The molecule has 6 rings (SSSR count). The SMILES string of the molecule is CC(C)c1ccccc1S(=O)(=O)N1CCC(c2nc(-c3cc4ccccc4[nH]3)c3c(N)nccn23)CC1. The highest BCUT2D eigenvalue weighted by molar-refractivity contribution is 7.89. The van der Waals surface area contributed by atoms with Gasteiger partial charge in [0.25, 0.3) is 0 Å². The first kappa shape index (κ1) is 23.7. The monoisotopic (exact) mass is 514 g/mol. The summed E-state index contributed by atoms with van der Waals surface area (Å²) in [5, 5.41) is 1.10. The Morgan fingerprint density at radius 2 is 1.78 bits per heavy atom. The number of para-hydroxylation sites is 1. The van der Waals surface area contributed by atoms with Crippen molar-refractivity contribution in [2.75, 3.05) is 18.8 Å². The van der Waals surface area contributed by atoms with E-state index in [0.29, 0.717) is 36.6 Å². The highest BCUT2D eigenvalue weighted by Crippen LogP contribution is 2.36. The molecule has 1 aliphatic rings. The summed E-state index contributed by atoms with van der Waals surface area (Å²) >= 11 is 0. The van der Waals surface area contributed by atoms with Crippen LogP contribution in [0.2, 0.25) is 0 Å². The summed E-state index contributed by atoms with van der Waals surface area (Å²) < 4.78 is 30.8. The van der Waals surface area contributed by atoms with E-state index >= 15 is 0 Å².